The van der Waals surface area contributed by atoms with Gasteiger partial charge in [-0.15, -0.1) is 12.8 Å². The Kier molecular flexibility index (Phi) is 7.94. The molecule has 0 aliphatic carbocycles. The predicted molar refractivity (Wildman–Crippen MR) is 127 cm³/mol. The first-order chi connectivity index (χ1) is 16.4. The summed E-state index contributed by atoms with van der Waals surface area (Å²) in [4.78, 5) is 25.1. The summed E-state index contributed by atoms with van der Waals surface area (Å²) < 4.78 is 21.7. The maximum absolute atomic E-state index is 12.5. The van der Waals surface area contributed by atoms with Crippen molar-refractivity contribution in [1.29, 1.82) is 0 Å². The van der Waals surface area contributed by atoms with Gasteiger partial charge in [0, 0.05) is 0 Å². The molecule has 6 heteroatoms. The first-order valence-electron chi connectivity index (χ1n) is 10.3. The number of hydrogen-bond acceptors (Lipinski definition) is 6. The third kappa shape index (κ3) is 5.97. The number of ether oxygens (including phenoxy) is 4. The summed E-state index contributed by atoms with van der Waals surface area (Å²) in [5.74, 6) is 5.55. The highest BCUT2D eigenvalue weighted by Crippen LogP contribution is 2.30. The number of rotatable bonds is 8. The van der Waals surface area contributed by atoms with E-state index in [-0.39, 0.29) is 13.2 Å². The van der Waals surface area contributed by atoms with Crippen molar-refractivity contribution in [2.75, 3.05) is 13.2 Å². The van der Waals surface area contributed by atoms with E-state index in [2.05, 4.69) is 11.8 Å². The van der Waals surface area contributed by atoms with E-state index in [4.69, 9.17) is 31.8 Å². The Balaban J connectivity index is 1.67. The van der Waals surface area contributed by atoms with Crippen molar-refractivity contribution in [3.8, 4) is 47.7 Å². The molecule has 0 aromatic heterocycles. The van der Waals surface area contributed by atoms with Crippen LogP contribution >= 0.6 is 0 Å². The molecule has 0 fully saturated rings. The molecule has 0 saturated heterocycles. The maximum atomic E-state index is 12.5. The second-order valence-electron chi connectivity index (χ2n) is 7.13. The number of carbonyl (C=O) groups is 2. The molecule has 0 aliphatic rings. The van der Waals surface area contributed by atoms with E-state index in [1.807, 2.05) is 0 Å². The van der Waals surface area contributed by atoms with Gasteiger partial charge in [-0.3, -0.25) is 0 Å². The van der Waals surface area contributed by atoms with Gasteiger partial charge in [0.15, 0.2) is 0 Å². The summed E-state index contributed by atoms with van der Waals surface area (Å²) in [6, 6.07) is 16.1. The summed E-state index contributed by atoms with van der Waals surface area (Å²) in [7, 11) is 0. The average molecular weight is 454 g/mol. The molecule has 0 aliphatic heterocycles. The van der Waals surface area contributed by atoms with Gasteiger partial charge in [0.1, 0.15) is 36.2 Å². The summed E-state index contributed by atoms with van der Waals surface area (Å²) in [6.45, 7) is 3.85. The third-order valence-electron chi connectivity index (χ3n) is 4.92. The lowest BCUT2D eigenvalue weighted by molar-refractivity contribution is 0.0717. The summed E-state index contributed by atoms with van der Waals surface area (Å²) >= 11 is 0. The first-order valence-corrected chi connectivity index (χ1v) is 10.3. The molecule has 3 aromatic rings. The molecule has 0 unspecified atom stereocenters. The van der Waals surface area contributed by atoms with E-state index in [9.17, 15) is 9.59 Å². The third-order valence-corrected chi connectivity index (χ3v) is 4.92. The van der Waals surface area contributed by atoms with Gasteiger partial charge in [0.2, 0.25) is 0 Å². The minimum Gasteiger partial charge on any atom is -0.481 e. The topological polar surface area (TPSA) is 71.1 Å². The molecular formula is C28H22O6. The highest BCUT2D eigenvalue weighted by Gasteiger charge is 2.16. The Labute approximate surface area is 198 Å². The number of benzene rings is 3. The van der Waals surface area contributed by atoms with Crippen molar-refractivity contribution < 1.29 is 28.5 Å². The van der Waals surface area contributed by atoms with E-state index in [0.717, 1.165) is 0 Å². The molecule has 34 heavy (non-hydrogen) atoms. The molecule has 170 valence electrons. The first kappa shape index (κ1) is 24.0. The van der Waals surface area contributed by atoms with E-state index >= 15 is 0 Å². The zero-order valence-electron chi connectivity index (χ0n) is 18.8. The Morgan fingerprint density at radius 2 is 1.00 bits per heavy atom. The van der Waals surface area contributed by atoms with Crippen LogP contribution in [-0.2, 0) is 0 Å². The molecule has 0 spiro atoms. The Morgan fingerprint density at radius 1 is 0.647 bits per heavy atom. The summed E-state index contributed by atoms with van der Waals surface area (Å²) in [5.41, 5.74) is 2.06. The predicted octanol–water partition coefficient (Wildman–Crippen LogP) is 4.77. The molecule has 0 bridgehead atoms. The van der Waals surface area contributed by atoms with E-state index < -0.39 is 11.9 Å². The van der Waals surface area contributed by atoms with Crippen LogP contribution in [0.25, 0.3) is 0 Å². The SMILES string of the molecule is C#CCOc1ccc(C(=O)Oc2ccc(OC(=O)c3ccc(OCC#C)cc3)c(C)c2C)cc1. The van der Waals surface area contributed by atoms with Gasteiger partial charge in [0.25, 0.3) is 0 Å². The zero-order chi connectivity index (χ0) is 24.5. The smallest absolute Gasteiger partial charge is 0.343 e. The molecule has 0 heterocycles. The summed E-state index contributed by atoms with van der Waals surface area (Å²) in [6.07, 6.45) is 10.3. The van der Waals surface area contributed by atoms with Crippen molar-refractivity contribution >= 4 is 11.9 Å². The van der Waals surface area contributed by atoms with Crippen molar-refractivity contribution in [1.82, 2.24) is 0 Å². The molecule has 0 N–H and O–H groups in total. The van der Waals surface area contributed by atoms with Gasteiger partial charge < -0.3 is 18.9 Å². The summed E-state index contributed by atoms with van der Waals surface area (Å²) in [5, 5.41) is 0. The van der Waals surface area contributed by atoms with Crippen molar-refractivity contribution in [3.05, 3.63) is 82.9 Å². The fraction of sp³-hybridized carbons (Fsp3) is 0.143. The van der Waals surface area contributed by atoms with Gasteiger partial charge in [-0.1, -0.05) is 11.8 Å². The molecule has 3 aromatic carbocycles. The molecule has 0 atom stereocenters. The quantitative estimate of drug-likeness (QED) is 0.278. The van der Waals surface area contributed by atoms with Crippen LogP contribution in [0.1, 0.15) is 31.8 Å². The number of carbonyl (C=O) groups excluding carboxylic acids is 2. The van der Waals surface area contributed by atoms with Crippen LogP contribution < -0.4 is 18.9 Å². The lowest BCUT2D eigenvalue weighted by Gasteiger charge is -2.14. The lowest BCUT2D eigenvalue weighted by atomic mass is 10.1. The number of esters is 2. The van der Waals surface area contributed by atoms with Crippen LogP contribution in [0.5, 0.6) is 23.0 Å². The number of terminal acetylenes is 2. The Bertz CT molecular complexity index is 1160. The van der Waals surface area contributed by atoms with Crippen LogP contribution in [0, 0.1) is 38.5 Å². The highest BCUT2D eigenvalue weighted by molar-refractivity contribution is 5.92. The van der Waals surface area contributed by atoms with Crippen LogP contribution in [0.15, 0.2) is 60.7 Å². The van der Waals surface area contributed by atoms with E-state index in [1.165, 1.54) is 0 Å². The minimum atomic E-state index is -0.525. The van der Waals surface area contributed by atoms with Gasteiger partial charge in [-0.2, -0.15) is 0 Å². The molecule has 3 rings (SSSR count). The van der Waals surface area contributed by atoms with Crippen LogP contribution in [-0.4, -0.2) is 25.2 Å². The lowest BCUT2D eigenvalue weighted by Crippen LogP contribution is -2.12. The van der Waals surface area contributed by atoms with Crippen molar-refractivity contribution in [3.63, 3.8) is 0 Å². The van der Waals surface area contributed by atoms with Crippen molar-refractivity contribution in [2.24, 2.45) is 0 Å². The van der Waals surface area contributed by atoms with Crippen LogP contribution in [0.4, 0.5) is 0 Å². The Hall–Kier alpha value is -4.68. The van der Waals surface area contributed by atoms with E-state index in [0.29, 0.717) is 45.3 Å². The van der Waals surface area contributed by atoms with Crippen molar-refractivity contribution in [2.45, 2.75) is 13.8 Å². The van der Waals surface area contributed by atoms with Crippen LogP contribution in [0.3, 0.4) is 0 Å². The monoisotopic (exact) mass is 454 g/mol. The molecule has 0 amide bonds. The minimum absolute atomic E-state index is 0.144. The van der Waals surface area contributed by atoms with E-state index in [1.54, 1.807) is 74.5 Å². The van der Waals surface area contributed by atoms with Gasteiger partial charge in [-0.05, 0) is 85.6 Å². The molecule has 6 nitrogen and oxygen atoms in total. The zero-order valence-corrected chi connectivity index (χ0v) is 18.8. The standard InChI is InChI=1S/C28H22O6/c1-5-17-31-23-11-7-21(8-12-23)27(29)33-25-15-16-26(20(4)19(25)3)34-28(30)22-9-13-24(14-10-22)32-18-6-2/h1-2,7-16H,17-18H2,3-4H3. The molecular weight excluding hydrogens is 432 g/mol. The second-order valence-corrected chi connectivity index (χ2v) is 7.13. The van der Waals surface area contributed by atoms with Gasteiger partial charge >= 0.3 is 11.9 Å². The number of hydrogen-bond donors (Lipinski definition) is 0. The van der Waals surface area contributed by atoms with Gasteiger partial charge in [-0.25, -0.2) is 9.59 Å². The highest BCUT2D eigenvalue weighted by atomic mass is 16.5. The fourth-order valence-corrected chi connectivity index (χ4v) is 2.93. The largest absolute Gasteiger partial charge is 0.481 e. The maximum Gasteiger partial charge on any atom is 0.343 e. The van der Waals surface area contributed by atoms with Crippen LogP contribution in [0.2, 0.25) is 0 Å². The van der Waals surface area contributed by atoms with Gasteiger partial charge in [0.05, 0.1) is 11.1 Å². The Morgan fingerprint density at radius 3 is 1.32 bits per heavy atom. The normalized spacial score (nSPS) is 9.88. The average Bonchev–Trinajstić information content (AvgIpc) is 2.86. The fourth-order valence-electron chi connectivity index (χ4n) is 2.93. The second kappa shape index (κ2) is 11.3. The molecule has 0 radical (unpaired) electrons. The molecule has 0 saturated carbocycles.